The fourth-order valence-corrected chi connectivity index (χ4v) is 0.846. The summed E-state index contributed by atoms with van der Waals surface area (Å²) in [4.78, 5) is 0. The highest BCUT2D eigenvalue weighted by molar-refractivity contribution is 5.85. The first-order valence-electron chi connectivity index (χ1n) is 3.64. The Bertz CT molecular complexity index is 290. The van der Waals surface area contributed by atoms with Gasteiger partial charge >= 0.3 is 0 Å². The Kier molecular flexibility index (Phi) is 2.37. The van der Waals surface area contributed by atoms with Gasteiger partial charge in [-0.15, -0.1) is 5.10 Å². The SMILES string of the molecule is Cc1nnnn1/C(=N\O)C(C)C. The van der Waals surface area contributed by atoms with Crippen LogP contribution in [0.4, 0.5) is 0 Å². The molecule has 12 heavy (non-hydrogen) atoms. The van der Waals surface area contributed by atoms with Crippen molar-refractivity contribution in [3.05, 3.63) is 5.82 Å². The summed E-state index contributed by atoms with van der Waals surface area (Å²) in [7, 11) is 0. The molecular weight excluding hydrogens is 158 g/mol. The van der Waals surface area contributed by atoms with Crippen molar-refractivity contribution in [1.29, 1.82) is 0 Å². The molecule has 0 aliphatic heterocycles. The maximum atomic E-state index is 8.66. The van der Waals surface area contributed by atoms with Crippen LogP contribution < -0.4 is 0 Å². The lowest BCUT2D eigenvalue weighted by atomic mass is 10.2. The Balaban J connectivity index is 3.04. The lowest BCUT2D eigenvalue weighted by Crippen LogP contribution is -2.21. The Morgan fingerprint density at radius 1 is 1.58 bits per heavy atom. The topological polar surface area (TPSA) is 76.2 Å². The quantitative estimate of drug-likeness (QED) is 0.283. The van der Waals surface area contributed by atoms with Crippen LogP contribution >= 0.6 is 0 Å². The molecule has 66 valence electrons. The molecule has 0 bridgehead atoms. The van der Waals surface area contributed by atoms with E-state index in [2.05, 4.69) is 20.7 Å². The molecule has 0 fully saturated rings. The van der Waals surface area contributed by atoms with Crippen LogP contribution in [0.1, 0.15) is 19.7 Å². The molecule has 0 spiro atoms. The van der Waals surface area contributed by atoms with Gasteiger partial charge in [-0.2, -0.15) is 4.68 Å². The molecule has 1 aromatic rings. The Morgan fingerprint density at radius 3 is 2.58 bits per heavy atom. The van der Waals surface area contributed by atoms with Crippen LogP contribution in [0.15, 0.2) is 5.16 Å². The predicted molar refractivity (Wildman–Crippen MR) is 42.0 cm³/mol. The van der Waals surface area contributed by atoms with Gasteiger partial charge in [-0.3, -0.25) is 0 Å². The van der Waals surface area contributed by atoms with Crippen LogP contribution in [0.5, 0.6) is 0 Å². The minimum Gasteiger partial charge on any atom is -0.409 e. The van der Waals surface area contributed by atoms with Crippen LogP contribution in [0.2, 0.25) is 0 Å². The number of hydrogen-bond acceptors (Lipinski definition) is 5. The van der Waals surface area contributed by atoms with Crippen LogP contribution in [0.25, 0.3) is 0 Å². The molecule has 0 aromatic carbocycles. The Labute approximate surface area is 69.9 Å². The second-order valence-electron chi connectivity index (χ2n) is 2.75. The maximum Gasteiger partial charge on any atom is 0.175 e. The Hall–Kier alpha value is -1.46. The van der Waals surface area contributed by atoms with Crippen molar-refractivity contribution in [3.63, 3.8) is 0 Å². The van der Waals surface area contributed by atoms with Crippen molar-refractivity contribution >= 4 is 5.84 Å². The zero-order valence-electron chi connectivity index (χ0n) is 7.26. The molecule has 0 radical (unpaired) electrons. The van der Waals surface area contributed by atoms with Crippen molar-refractivity contribution in [2.75, 3.05) is 0 Å². The van der Waals surface area contributed by atoms with Crippen LogP contribution in [-0.2, 0) is 0 Å². The molecule has 0 saturated carbocycles. The third-order valence-corrected chi connectivity index (χ3v) is 1.46. The van der Waals surface area contributed by atoms with Crippen LogP contribution in [-0.4, -0.2) is 31.3 Å². The van der Waals surface area contributed by atoms with Gasteiger partial charge in [-0.1, -0.05) is 19.0 Å². The fourth-order valence-electron chi connectivity index (χ4n) is 0.846. The first kappa shape index (κ1) is 8.63. The van der Waals surface area contributed by atoms with Crippen LogP contribution in [0, 0.1) is 12.8 Å². The number of rotatable bonds is 1. The van der Waals surface area contributed by atoms with E-state index < -0.39 is 0 Å². The molecule has 1 heterocycles. The summed E-state index contributed by atoms with van der Waals surface area (Å²) in [5.41, 5.74) is 0. The largest absolute Gasteiger partial charge is 0.409 e. The highest BCUT2D eigenvalue weighted by atomic mass is 16.4. The van der Waals surface area contributed by atoms with E-state index >= 15 is 0 Å². The standard InChI is InChI=1S/C6H11N5O/c1-4(2)6(8-12)11-5(3)7-9-10-11/h4,12H,1-3H3/b8-6-. The van der Waals surface area contributed by atoms with Crippen molar-refractivity contribution in [1.82, 2.24) is 20.2 Å². The van der Waals surface area contributed by atoms with E-state index in [1.165, 1.54) is 4.68 Å². The third kappa shape index (κ3) is 1.41. The number of tetrazole rings is 1. The van der Waals surface area contributed by atoms with E-state index in [0.717, 1.165) is 0 Å². The molecule has 1 aromatic heterocycles. The molecule has 0 atom stereocenters. The van der Waals surface area contributed by atoms with Crippen LogP contribution in [0.3, 0.4) is 0 Å². The first-order valence-corrected chi connectivity index (χ1v) is 3.64. The monoisotopic (exact) mass is 169 g/mol. The van der Waals surface area contributed by atoms with Gasteiger partial charge in [0.2, 0.25) is 0 Å². The fraction of sp³-hybridized carbons (Fsp3) is 0.667. The predicted octanol–water partition coefficient (Wildman–Crippen LogP) is 0.273. The zero-order valence-corrected chi connectivity index (χ0v) is 7.26. The van der Waals surface area contributed by atoms with Gasteiger partial charge in [-0.25, -0.2) is 0 Å². The van der Waals surface area contributed by atoms with Crippen molar-refractivity contribution < 1.29 is 5.21 Å². The number of nitrogens with zero attached hydrogens (tertiary/aromatic N) is 5. The molecule has 1 N–H and O–H groups in total. The molecule has 6 heteroatoms. The van der Waals surface area contributed by atoms with Crippen molar-refractivity contribution in [3.8, 4) is 0 Å². The normalized spacial score (nSPS) is 12.5. The Morgan fingerprint density at radius 2 is 2.25 bits per heavy atom. The van der Waals surface area contributed by atoms with Crippen molar-refractivity contribution in [2.45, 2.75) is 20.8 Å². The average molecular weight is 169 g/mol. The highest BCUT2D eigenvalue weighted by Gasteiger charge is 2.12. The molecule has 0 aliphatic carbocycles. The summed E-state index contributed by atoms with van der Waals surface area (Å²) < 4.78 is 1.41. The number of hydrogen-bond donors (Lipinski definition) is 1. The van der Waals surface area contributed by atoms with E-state index in [4.69, 9.17) is 5.21 Å². The van der Waals surface area contributed by atoms with Gasteiger partial charge < -0.3 is 5.21 Å². The zero-order chi connectivity index (χ0) is 9.14. The summed E-state index contributed by atoms with van der Waals surface area (Å²) >= 11 is 0. The van der Waals surface area contributed by atoms with Gasteiger partial charge in [0, 0.05) is 5.92 Å². The molecule has 0 aliphatic rings. The number of oxime groups is 1. The van der Waals surface area contributed by atoms with Gasteiger partial charge in [0.25, 0.3) is 0 Å². The van der Waals surface area contributed by atoms with E-state index in [1.54, 1.807) is 6.92 Å². The summed E-state index contributed by atoms with van der Waals surface area (Å²) in [6.45, 7) is 5.54. The van der Waals surface area contributed by atoms with Gasteiger partial charge in [0.1, 0.15) is 0 Å². The van der Waals surface area contributed by atoms with Gasteiger partial charge in [0.05, 0.1) is 0 Å². The third-order valence-electron chi connectivity index (χ3n) is 1.46. The second-order valence-corrected chi connectivity index (χ2v) is 2.75. The highest BCUT2D eigenvalue weighted by Crippen LogP contribution is 2.00. The maximum absolute atomic E-state index is 8.66. The summed E-state index contributed by atoms with van der Waals surface area (Å²) in [5.74, 6) is 1.13. The molecule has 0 saturated heterocycles. The molecule has 6 nitrogen and oxygen atoms in total. The molecule has 0 amide bonds. The smallest absolute Gasteiger partial charge is 0.175 e. The number of aromatic nitrogens is 4. The van der Waals surface area contributed by atoms with E-state index in [-0.39, 0.29) is 5.92 Å². The molecular formula is C6H11N5O. The van der Waals surface area contributed by atoms with E-state index in [1.807, 2.05) is 13.8 Å². The summed E-state index contributed by atoms with van der Waals surface area (Å²) in [5, 5.41) is 22.6. The lowest BCUT2D eigenvalue weighted by molar-refractivity contribution is 0.312. The van der Waals surface area contributed by atoms with E-state index in [0.29, 0.717) is 11.7 Å². The minimum atomic E-state index is 0.0807. The van der Waals surface area contributed by atoms with Gasteiger partial charge in [0.15, 0.2) is 11.7 Å². The summed E-state index contributed by atoms with van der Waals surface area (Å²) in [6.07, 6.45) is 0. The lowest BCUT2D eigenvalue weighted by Gasteiger charge is -2.06. The van der Waals surface area contributed by atoms with E-state index in [9.17, 15) is 0 Å². The summed E-state index contributed by atoms with van der Waals surface area (Å²) in [6, 6.07) is 0. The first-order chi connectivity index (χ1) is 5.66. The molecule has 1 rings (SSSR count). The van der Waals surface area contributed by atoms with Gasteiger partial charge in [-0.05, 0) is 17.4 Å². The van der Waals surface area contributed by atoms with Crippen molar-refractivity contribution in [2.24, 2.45) is 11.1 Å². The minimum absolute atomic E-state index is 0.0807. The number of aryl methyl sites for hydroxylation is 1. The average Bonchev–Trinajstić information content (AvgIpc) is 2.38. The molecule has 0 unspecified atom stereocenters. The second kappa shape index (κ2) is 3.29.